The van der Waals surface area contributed by atoms with Crippen molar-refractivity contribution in [2.75, 3.05) is 0 Å². The summed E-state index contributed by atoms with van der Waals surface area (Å²) in [7, 11) is 0. The second-order valence-corrected chi connectivity index (χ2v) is 4.99. The van der Waals surface area contributed by atoms with Crippen LogP contribution < -0.4 is 4.74 Å². The van der Waals surface area contributed by atoms with Crippen molar-refractivity contribution in [1.82, 2.24) is 9.97 Å². The maximum absolute atomic E-state index is 9.04. The van der Waals surface area contributed by atoms with E-state index in [1.165, 1.54) is 6.20 Å². The quantitative estimate of drug-likeness (QED) is 0.693. The van der Waals surface area contributed by atoms with Crippen LogP contribution >= 0.6 is 23.2 Å². The molecule has 4 nitrogen and oxygen atoms in total. The number of halogens is 2. The predicted octanol–water partition coefficient (Wildman–Crippen LogP) is 4.60. The Labute approximate surface area is 130 Å². The average molecular weight is 316 g/mol. The zero-order chi connectivity index (χ0) is 14.8. The van der Waals surface area contributed by atoms with E-state index >= 15 is 0 Å². The number of fused-ring (bicyclic) bond motifs is 1. The highest BCUT2D eigenvalue weighted by Gasteiger charge is 2.08. The molecule has 0 atom stereocenters. The second-order valence-electron chi connectivity index (χ2n) is 4.17. The monoisotopic (exact) mass is 315 g/mol. The molecule has 21 heavy (non-hydrogen) atoms. The molecule has 0 saturated carbocycles. The van der Waals surface area contributed by atoms with Crippen molar-refractivity contribution in [3.8, 4) is 17.7 Å². The van der Waals surface area contributed by atoms with Gasteiger partial charge in [-0.25, -0.2) is 9.97 Å². The molecule has 1 heterocycles. The average Bonchev–Trinajstić information content (AvgIpc) is 2.49. The molecule has 3 rings (SSSR count). The normalized spacial score (nSPS) is 10.3. The first-order valence-corrected chi connectivity index (χ1v) is 6.72. The van der Waals surface area contributed by atoms with Crippen molar-refractivity contribution in [3.05, 3.63) is 58.2 Å². The van der Waals surface area contributed by atoms with E-state index < -0.39 is 0 Å². The lowest BCUT2D eigenvalue weighted by atomic mass is 10.2. The molecule has 0 bridgehead atoms. The highest BCUT2D eigenvalue weighted by Crippen LogP contribution is 2.28. The van der Waals surface area contributed by atoms with Crippen LogP contribution in [0, 0.1) is 11.3 Å². The molecule has 0 spiro atoms. The number of rotatable bonds is 2. The van der Waals surface area contributed by atoms with Gasteiger partial charge in [0.25, 0.3) is 0 Å². The molecule has 0 N–H and O–H groups in total. The zero-order valence-corrected chi connectivity index (χ0v) is 12.1. The third-order valence-electron chi connectivity index (χ3n) is 2.78. The summed E-state index contributed by atoms with van der Waals surface area (Å²) in [5.41, 5.74) is 1.61. The summed E-state index contributed by atoms with van der Waals surface area (Å²) in [5, 5.41) is 9.85. The van der Waals surface area contributed by atoms with Crippen LogP contribution in [0.1, 0.15) is 5.56 Å². The topological polar surface area (TPSA) is 58.8 Å². The van der Waals surface area contributed by atoms with Crippen LogP contribution in [0.5, 0.6) is 11.6 Å². The first kappa shape index (κ1) is 13.6. The van der Waals surface area contributed by atoms with Crippen LogP contribution in [-0.2, 0) is 0 Å². The SMILES string of the molecule is N#Cc1ccccc1Oc1cnc2cc(Cl)c(Cl)cc2n1. The number of hydrogen-bond donors (Lipinski definition) is 0. The van der Waals surface area contributed by atoms with Gasteiger partial charge in [0, 0.05) is 0 Å². The highest BCUT2D eigenvalue weighted by molar-refractivity contribution is 6.42. The van der Waals surface area contributed by atoms with Gasteiger partial charge in [-0.3, -0.25) is 0 Å². The Morgan fingerprint density at radius 2 is 1.76 bits per heavy atom. The van der Waals surface area contributed by atoms with E-state index in [4.69, 9.17) is 33.2 Å². The maximum atomic E-state index is 9.04. The molecule has 0 radical (unpaired) electrons. The molecular weight excluding hydrogens is 309 g/mol. The van der Waals surface area contributed by atoms with Gasteiger partial charge in [-0.05, 0) is 24.3 Å². The second kappa shape index (κ2) is 5.57. The number of para-hydroxylation sites is 1. The van der Waals surface area contributed by atoms with E-state index in [2.05, 4.69) is 16.0 Å². The number of nitriles is 1. The molecule has 0 amide bonds. The van der Waals surface area contributed by atoms with Crippen LogP contribution in [-0.4, -0.2) is 9.97 Å². The third-order valence-corrected chi connectivity index (χ3v) is 3.51. The van der Waals surface area contributed by atoms with Gasteiger partial charge in [0.2, 0.25) is 5.88 Å². The van der Waals surface area contributed by atoms with Crippen molar-refractivity contribution in [1.29, 1.82) is 5.26 Å². The van der Waals surface area contributed by atoms with Crippen molar-refractivity contribution in [3.63, 3.8) is 0 Å². The number of nitrogens with zero attached hydrogens (tertiary/aromatic N) is 3. The lowest BCUT2D eigenvalue weighted by Gasteiger charge is -2.07. The van der Waals surface area contributed by atoms with Gasteiger partial charge >= 0.3 is 0 Å². The van der Waals surface area contributed by atoms with Gasteiger partial charge in [-0.15, -0.1) is 0 Å². The van der Waals surface area contributed by atoms with Gasteiger partial charge in [0.15, 0.2) is 0 Å². The third kappa shape index (κ3) is 2.75. The molecule has 2 aromatic carbocycles. The molecule has 6 heteroatoms. The predicted molar refractivity (Wildman–Crippen MR) is 80.8 cm³/mol. The first-order valence-electron chi connectivity index (χ1n) is 5.96. The van der Waals surface area contributed by atoms with Crippen molar-refractivity contribution >= 4 is 34.2 Å². The van der Waals surface area contributed by atoms with Crippen LogP contribution in [0.15, 0.2) is 42.6 Å². The molecule has 0 fully saturated rings. The summed E-state index contributed by atoms with van der Waals surface area (Å²) >= 11 is 11.9. The summed E-state index contributed by atoms with van der Waals surface area (Å²) in [5.74, 6) is 0.706. The number of aromatic nitrogens is 2. The van der Waals surface area contributed by atoms with Crippen molar-refractivity contribution < 1.29 is 4.74 Å². The minimum absolute atomic E-state index is 0.281. The molecule has 0 aliphatic rings. The summed E-state index contributed by atoms with van der Waals surface area (Å²) in [4.78, 5) is 8.53. The molecule has 0 aliphatic heterocycles. The maximum Gasteiger partial charge on any atom is 0.238 e. The van der Waals surface area contributed by atoms with E-state index in [1.54, 1.807) is 36.4 Å². The van der Waals surface area contributed by atoms with E-state index in [0.717, 1.165) is 0 Å². The summed E-state index contributed by atoms with van der Waals surface area (Å²) in [6, 6.07) is 12.2. The van der Waals surface area contributed by atoms with E-state index in [1.807, 2.05) is 0 Å². The van der Waals surface area contributed by atoms with Gasteiger partial charge in [0.05, 0.1) is 32.8 Å². The Kier molecular flexibility index (Phi) is 3.61. The molecule has 0 saturated heterocycles. The summed E-state index contributed by atoms with van der Waals surface area (Å²) < 4.78 is 5.61. The molecule has 1 aromatic heterocycles. The molecule has 0 unspecified atom stereocenters. The smallest absolute Gasteiger partial charge is 0.238 e. The van der Waals surface area contributed by atoms with Gasteiger partial charge < -0.3 is 4.74 Å². The lowest BCUT2D eigenvalue weighted by Crippen LogP contribution is -1.93. The van der Waals surface area contributed by atoms with Crippen LogP contribution in [0.2, 0.25) is 10.0 Å². The van der Waals surface area contributed by atoms with E-state index in [9.17, 15) is 0 Å². The number of benzene rings is 2. The van der Waals surface area contributed by atoms with Crippen LogP contribution in [0.3, 0.4) is 0 Å². The largest absolute Gasteiger partial charge is 0.436 e. The van der Waals surface area contributed by atoms with E-state index in [0.29, 0.717) is 32.4 Å². The van der Waals surface area contributed by atoms with Gasteiger partial charge in [0.1, 0.15) is 11.8 Å². The molecule has 102 valence electrons. The van der Waals surface area contributed by atoms with Gasteiger partial charge in [-0.2, -0.15) is 5.26 Å². The van der Waals surface area contributed by atoms with Gasteiger partial charge in [-0.1, -0.05) is 35.3 Å². The Morgan fingerprint density at radius 3 is 2.52 bits per heavy atom. The summed E-state index contributed by atoms with van der Waals surface area (Å²) in [6.45, 7) is 0. The fourth-order valence-electron chi connectivity index (χ4n) is 1.80. The highest BCUT2D eigenvalue weighted by atomic mass is 35.5. The molecule has 3 aromatic rings. The van der Waals surface area contributed by atoms with E-state index in [-0.39, 0.29) is 5.88 Å². The zero-order valence-electron chi connectivity index (χ0n) is 10.5. The molecular formula is C15H7Cl2N3O. The van der Waals surface area contributed by atoms with Crippen LogP contribution in [0.25, 0.3) is 11.0 Å². The lowest BCUT2D eigenvalue weighted by molar-refractivity contribution is 0.461. The fraction of sp³-hybridized carbons (Fsp3) is 0. The minimum atomic E-state index is 0.281. The molecule has 0 aliphatic carbocycles. The Bertz CT molecular complexity index is 874. The summed E-state index contributed by atoms with van der Waals surface area (Å²) in [6.07, 6.45) is 1.47. The Hall–Kier alpha value is -2.35. The number of ether oxygens (including phenoxy) is 1. The van der Waals surface area contributed by atoms with Crippen molar-refractivity contribution in [2.45, 2.75) is 0 Å². The first-order chi connectivity index (χ1) is 10.2. The number of hydrogen-bond acceptors (Lipinski definition) is 4. The van der Waals surface area contributed by atoms with Crippen molar-refractivity contribution in [2.24, 2.45) is 0 Å². The Balaban J connectivity index is 2.02. The fourth-order valence-corrected chi connectivity index (χ4v) is 2.12. The standard InChI is InChI=1S/C15H7Cl2N3O/c16-10-5-12-13(6-11(10)17)20-15(8-19-12)21-14-4-2-1-3-9(14)7-18/h1-6,8H. The minimum Gasteiger partial charge on any atom is -0.436 e. The Morgan fingerprint density at radius 1 is 1.05 bits per heavy atom. The van der Waals surface area contributed by atoms with Crippen LogP contribution in [0.4, 0.5) is 0 Å².